The van der Waals surface area contributed by atoms with Gasteiger partial charge in [-0.1, -0.05) is 6.92 Å². The molecule has 0 aliphatic carbocycles. The molecule has 1 N–H and O–H groups in total. The van der Waals surface area contributed by atoms with Gasteiger partial charge in [-0.15, -0.1) is 0 Å². The van der Waals surface area contributed by atoms with Crippen molar-refractivity contribution in [1.82, 2.24) is 10.2 Å². The Morgan fingerprint density at radius 1 is 1.46 bits per heavy atom. The van der Waals surface area contributed by atoms with Crippen LogP contribution < -0.4 is 5.32 Å². The lowest BCUT2D eigenvalue weighted by Crippen LogP contribution is -2.29. The van der Waals surface area contributed by atoms with Crippen LogP contribution in [0.15, 0.2) is 4.99 Å². The van der Waals surface area contributed by atoms with Crippen LogP contribution in [0.4, 0.5) is 0 Å². The number of aliphatic imine (C=N–C) groups is 1. The van der Waals surface area contributed by atoms with Crippen LogP contribution in [0, 0.1) is 0 Å². The molecule has 3 heteroatoms. The number of likely N-dealkylation sites (N-methyl/N-ethyl adjacent to an activating group) is 1. The quantitative estimate of drug-likeness (QED) is 0.517. The molecule has 0 aromatic rings. The predicted octanol–water partition coefficient (Wildman–Crippen LogP) is 1.35. The maximum atomic E-state index is 4.42. The van der Waals surface area contributed by atoms with E-state index in [1.165, 1.54) is 0 Å². The van der Waals surface area contributed by atoms with Crippen LogP contribution in [0.2, 0.25) is 0 Å². The SMILES string of the molecule is CCN(C)CCN=C(C)NC(C)C. The molecule has 0 aliphatic heterocycles. The molecule has 0 saturated carbocycles. The number of amidine groups is 1. The summed E-state index contributed by atoms with van der Waals surface area (Å²) < 4.78 is 0. The highest BCUT2D eigenvalue weighted by Gasteiger charge is 1.95. The van der Waals surface area contributed by atoms with Crippen molar-refractivity contribution in [2.75, 3.05) is 26.7 Å². The van der Waals surface area contributed by atoms with Crippen LogP contribution in [0.1, 0.15) is 27.7 Å². The Kier molecular flexibility index (Phi) is 6.59. The van der Waals surface area contributed by atoms with E-state index in [0.717, 1.165) is 25.5 Å². The summed E-state index contributed by atoms with van der Waals surface area (Å²) >= 11 is 0. The molecule has 78 valence electrons. The first kappa shape index (κ1) is 12.4. The van der Waals surface area contributed by atoms with Gasteiger partial charge in [-0.25, -0.2) is 0 Å². The number of hydrogen-bond acceptors (Lipinski definition) is 2. The highest BCUT2D eigenvalue weighted by atomic mass is 15.1. The van der Waals surface area contributed by atoms with Crippen molar-refractivity contribution < 1.29 is 0 Å². The highest BCUT2D eigenvalue weighted by Crippen LogP contribution is 1.83. The average molecular weight is 185 g/mol. The maximum Gasteiger partial charge on any atom is 0.0934 e. The van der Waals surface area contributed by atoms with Crippen molar-refractivity contribution >= 4 is 5.84 Å². The standard InChI is InChI=1S/C10H23N3/c1-6-13(5)8-7-11-10(4)12-9(2)3/h9H,6-8H2,1-5H3,(H,11,12). The Labute approximate surface area is 82.2 Å². The van der Waals surface area contributed by atoms with E-state index in [2.05, 4.69) is 43.0 Å². The molecular formula is C10H23N3. The van der Waals surface area contributed by atoms with E-state index in [1.54, 1.807) is 0 Å². The third-order valence-electron chi connectivity index (χ3n) is 1.87. The number of hydrogen-bond donors (Lipinski definition) is 1. The molecule has 0 bridgehead atoms. The third-order valence-corrected chi connectivity index (χ3v) is 1.87. The smallest absolute Gasteiger partial charge is 0.0934 e. The molecule has 0 heterocycles. The molecule has 0 amide bonds. The molecule has 0 radical (unpaired) electrons. The van der Waals surface area contributed by atoms with E-state index in [9.17, 15) is 0 Å². The van der Waals surface area contributed by atoms with Crippen molar-refractivity contribution in [3.05, 3.63) is 0 Å². The van der Waals surface area contributed by atoms with Gasteiger partial charge in [-0.2, -0.15) is 0 Å². The van der Waals surface area contributed by atoms with Crippen LogP contribution in [0.25, 0.3) is 0 Å². The first-order valence-corrected chi connectivity index (χ1v) is 5.02. The van der Waals surface area contributed by atoms with Crippen LogP contribution in [0.3, 0.4) is 0 Å². The monoisotopic (exact) mass is 185 g/mol. The average Bonchev–Trinajstić information content (AvgIpc) is 2.02. The summed E-state index contributed by atoms with van der Waals surface area (Å²) in [4.78, 5) is 6.67. The Balaban J connectivity index is 3.58. The minimum Gasteiger partial charge on any atom is -0.372 e. The minimum atomic E-state index is 0.479. The predicted molar refractivity (Wildman–Crippen MR) is 59.4 cm³/mol. The fraction of sp³-hybridized carbons (Fsp3) is 0.900. The summed E-state index contributed by atoms with van der Waals surface area (Å²) in [6.45, 7) is 11.4. The van der Waals surface area contributed by atoms with E-state index in [1.807, 2.05) is 6.92 Å². The van der Waals surface area contributed by atoms with E-state index < -0.39 is 0 Å². The van der Waals surface area contributed by atoms with Gasteiger partial charge in [0.05, 0.1) is 12.4 Å². The first-order valence-electron chi connectivity index (χ1n) is 5.02. The normalized spacial score (nSPS) is 12.7. The zero-order valence-electron chi connectivity index (χ0n) is 9.59. The van der Waals surface area contributed by atoms with Crippen molar-refractivity contribution in [1.29, 1.82) is 0 Å². The van der Waals surface area contributed by atoms with Gasteiger partial charge in [0.1, 0.15) is 0 Å². The van der Waals surface area contributed by atoms with Gasteiger partial charge in [-0.05, 0) is 34.4 Å². The lowest BCUT2D eigenvalue weighted by atomic mass is 10.4. The van der Waals surface area contributed by atoms with Gasteiger partial charge >= 0.3 is 0 Å². The lowest BCUT2D eigenvalue weighted by Gasteiger charge is -2.13. The van der Waals surface area contributed by atoms with Gasteiger partial charge in [0.2, 0.25) is 0 Å². The lowest BCUT2D eigenvalue weighted by molar-refractivity contribution is 0.363. The summed E-state index contributed by atoms with van der Waals surface area (Å²) in [5.41, 5.74) is 0. The Hall–Kier alpha value is -0.570. The van der Waals surface area contributed by atoms with Crippen LogP contribution in [0.5, 0.6) is 0 Å². The van der Waals surface area contributed by atoms with Gasteiger partial charge in [0.25, 0.3) is 0 Å². The summed E-state index contributed by atoms with van der Waals surface area (Å²) in [6.07, 6.45) is 0. The van der Waals surface area contributed by atoms with Crippen molar-refractivity contribution in [3.63, 3.8) is 0 Å². The molecule has 0 aromatic carbocycles. The number of nitrogens with one attached hydrogen (secondary N) is 1. The molecule has 13 heavy (non-hydrogen) atoms. The summed E-state index contributed by atoms with van der Waals surface area (Å²) in [7, 11) is 2.11. The molecule has 0 saturated heterocycles. The molecular weight excluding hydrogens is 162 g/mol. The molecule has 0 unspecified atom stereocenters. The number of rotatable bonds is 5. The fourth-order valence-electron chi connectivity index (χ4n) is 1.01. The minimum absolute atomic E-state index is 0.479. The second-order valence-corrected chi connectivity index (χ2v) is 3.66. The van der Waals surface area contributed by atoms with Crippen LogP contribution >= 0.6 is 0 Å². The summed E-state index contributed by atoms with van der Waals surface area (Å²) in [5, 5.41) is 3.27. The molecule has 0 atom stereocenters. The molecule has 3 nitrogen and oxygen atoms in total. The summed E-state index contributed by atoms with van der Waals surface area (Å²) in [6, 6.07) is 0.479. The molecule has 0 fully saturated rings. The largest absolute Gasteiger partial charge is 0.372 e. The first-order chi connectivity index (χ1) is 6.06. The summed E-state index contributed by atoms with van der Waals surface area (Å²) in [5.74, 6) is 1.04. The Morgan fingerprint density at radius 2 is 2.08 bits per heavy atom. The second kappa shape index (κ2) is 6.89. The zero-order valence-corrected chi connectivity index (χ0v) is 9.59. The Bertz CT molecular complexity index is 152. The molecule has 0 spiro atoms. The van der Waals surface area contributed by atoms with E-state index in [-0.39, 0.29) is 0 Å². The van der Waals surface area contributed by atoms with E-state index in [4.69, 9.17) is 0 Å². The van der Waals surface area contributed by atoms with Crippen LogP contribution in [-0.4, -0.2) is 43.5 Å². The molecule has 0 aliphatic rings. The number of nitrogens with zero attached hydrogens (tertiary/aromatic N) is 2. The van der Waals surface area contributed by atoms with Crippen LogP contribution in [-0.2, 0) is 0 Å². The third kappa shape index (κ3) is 7.78. The topological polar surface area (TPSA) is 27.6 Å². The highest BCUT2D eigenvalue weighted by molar-refractivity contribution is 5.79. The molecule has 0 rings (SSSR count). The molecule has 0 aromatic heterocycles. The second-order valence-electron chi connectivity index (χ2n) is 3.66. The van der Waals surface area contributed by atoms with E-state index >= 15 is 0 Å². The fourth-order valence-corrected chi connectivity index (χ4v) is 1.01. The van der Waals surface area contributed by atoms with Crippen molar-refractivity contribution in [2.24, 2.45) is 4.99 Å². The Morgan fingerprint density at radius 3 is 2.54 bits per heavy atom. The van der Waals surface area contributed by atoms with Gasteiger partial charge in [0.15, 0.2) is 0 Å². The van der Waals surface area contributed by atoms with Gasteiger partial charge in [0, 0.05) is 12.6 Å². The zero-order chi connectivity index (χ0) is 10.3. The van der Waals surface area contributed by atoms with Gasteiger partial charge < -0.3 is 10.2 Å². The maximum absolute atomic E-state index is 4.42. The van der Waals surface area contributed by atoms with E-state index in [0.29, 0.717) is 6.04 Å². The van der Waals surface area contributed by atoms with Crippen molar-refractivity contribution in [2.45, 2.75) is 33.7 Å². The van der Waals surface area contributed by atoms with Gasteiger partial charge in [-0.3, -0.25) is 4.99 Å². The van der Waals surface area contributed by atoms with Crippen molar-refractivity contribution in [3.8, 4) is 0 Å².